The van der Waals surface area contributed by atoms with Crippen LogP contribution in [-0.2, 0) is 4.79 Å². The Morgan fingerprint density at radius 3 is 2.70 bits per heavy atom. The minimum Gasteiger partial charge on any atom is -0.480 e. The summed E-state index contributed by atoms with van der Waals surface area (Å²) in [6, 6.07) is 2.40. The first-order valence-electron chi connectivity index (χ1n) is 6.70. The monoisotopic (exact) mass is 277 g/mol. The van der Waals surface area contributed by atoms with Crippen LogP contribution in [0.15, 0.2) is 24.5 Å². The molecule has 6 heteroatoms. The van der Waals surface area contributed by atoms with Gasteiger partial charge in [-0.25, -0.2) is 9.59 Å². The van der Waals surface area contributed by atoms with Crippen molar-refractivity contribution in [1.29, 1.82) is 0 Å². The molecule has 3 atom stereocenters. The van der Waals surface area contributed by atoms with Gasteiger partial charge < -0.3 is 15.3 Å². The van der Waals surface area contributed by atoms with E-state index >= 15 is 0 Å². The van der Waals surface area contributed by atoms with Crippen LogP contribution in [0.1, 0.15) is 31.9 Å². The first-order chi connectivity index (χ1) is 9.50. The molecule has 2 amide bonds. The third-order valence-corrected chi connectivity index (χ3v) is 3.76. The molecule has 0 bridgehead atoms. The average Bonchev–Trinajstić information content (AvgIpc) is 2.81. The fraction of sp³-hybridized carbons (Fsp3) is 0.500. The van der Waals surface area contributed by atoms with Gasteiger partial charge in [0.05, 0.1) is 6.04 Å². The molecular formula is C14H19N3O3. The highest BCUT2D eigenvalue weighted by atomic mass is 16.4. The maximum atomic E-state index is 12.2. The van der Waals surface area contributed by atoms with Crippen LogP contribution in [0.5, 0.6) is 0 Å². The fourth-order valence-electron chi connectivity index (χ4n) is 2.56. The van der Waals surface area contributed by atoms with E-state index in [0.717, 1.165) is 5.56 Å². The third-order valence-electron chi connectivity index (χ3n) is 3.76. The molecule has 0 saturated carbocycles. The summed E-state index contributed by atoms with van der Waals surface area (Å²) in [6.45, 7) is 4.20. The summed E-state index contributed by atoms with van der Waals surface area (Å²) in [4.78, 5) is 28.8. The third kappa shape index (κ3) is 2.89. The molecular weight excluding hydrogens is 258 g/mol. The number of carboxylic acids is 1. The standard InChI is InChI=1S/C14H19N3O3/c1-9-5-8-17(12(9)13(18)19)14(20)16-10(2)11-3-6-15-7-4-11/h3-4,6-7,9-10,12H,5,8H2,1-2H3,(H,16,20)(H,18,19). The number of carbonyl (C=O) groups is 2. The van der Waals surface area contributed by atoms with Gasteiger partial charge in [-0.15, -0.1) is 0 Å². The molecule has 0 aromatic carbocycles. The molecule has 1 fully saturated rings. The largest absolute Gasteiger partial charge is 0.480 e. The zero-order valence-electron chi connectivity index (χ0n) is 11.6. The molecule has 2 N–H and O–H groups in total. The number of nitrogens with one attached hydrogen (secondary N) is 1. The molecule has 1 aromatic rings. The Balaban J connectivity index is 2.03. The van der Waals surface area contributed by atoms with Crippen molar-refractivity contribution >= 4 is 12.0 Å². The molecule has 108 valence electrons. The molecule has 1 saturated heterocycles. The van der Waals surface area contributed by atoms with Crippen LogP contribution in [0.25, 0.3) is 0 Å². The van der Waals surface area contributed by atoms with Gasteiger partial charge in [0.1, 0.15) is 6.04 Å². The Morgan fingerprint density at radius 1 is 1.45 bits per heavy atom. The smallest absolute Gasteiger partial charge is 0.326 e. The van der Waals surface area contributed by atoms with Gasteiger partial charge >= 0.3 is 12.0 Å². The summed E-state index contributed by atoms with van der Waals surface area (Å²) in [5, 5.41) is 12.1. The van der Waals surface area contributed by atoms with Gasteiger partial charge in [-0.1, -0.05) is 6.92 Å². The van der Waals surface area contributed by atoms with Crippen molar-refractivity contribution in [3.63, 3.8) is 0 Å². The zero-order chi connectivity index (χ0) is 14.7. The number of hydrogen-bond donors (Lipinski definition) is 2. The second-order valence-electron chi connectivity index (χ2n) is 5.19. The normalized spacial score (nSPS) is 23.4. The van der Waals surface area contributed by atoms with Crippen LogP contribution < -0.4 is 5.32 Å². The number of nitrogens with zero attached hydrogens (tertiary/aromatic N) is 2. The Kier molecular flexibility index (Phi) is 4.22. The van der Waals surface area contributed by atoms with Crippen LogP contribution in [0.4, 0.5) is 4.79 Å². The maximum absolute atomic E-state index is 12.2. The Morgan fingerprint density at radius 2 is 2.10 bits per heavy atom. The zero-order valence-corrected chi connectivity index (χ0v) is 11.6. The van der Waals surface area contributed by atoms with E-state index < -0.39 is 12.0 Å². The number of amides is 2. The van der Waals surface area contributed by atoms with E-state index in [1.165, 1.54) is 4.90 Å². The number of carboxylic acid groups (broad SMARTS) is 1. The summed E-state index contributed by atoms with van der Waals surface area (Å²) >= 11 is 0. The molecule has 3 unspecified atom stereocenters. The average molecular weight is 277 g/mol. The van der Waals surface area contributed by atoms with Gasteiger partial charge in [0.25, 0.3) is 0 Å². The topological polar surface area (TPSA) is 82.5 Å². The minimum absolute atomic E-state index is 0.0190. The molecule has 0 radical (unpaired) electrons. The van der Waals surface area contributed by atoms with Crippen LogP contribution in [0.2, 0.25) is 0 Å². The van der Waals surface area contributed by atoms with Gasteiger partial charge in [-0.3, -0.25) is 4.98 Å². The van der Waals surface area contributed by atoms with Gasteiger partial charge in [0, 0.05) is 18.9 Å². The highest BCUT2D eigenvalue weighted by Crippen LogP contribution is 2.24. The number of likely N-dealkylation sites (tertiary alicyclic amines) is 1. The first kappa shape index (κ1) is 14.3. The lowest BCUT2D eigenvalue weighted by Crippen LogP contribution is -2.48. The molecule has 2 rings (SSSR count). The van der Waals surface area contributed by atoms with Gasteiger partial charge in [0.15, 0.2) is 0 Å². The lowest BCUT2D eigenvalue weighted by atomic mass is 10.0. The SMILES string of the molecule is CC(NC(=O)N1CCC(C)C1C(=O)O)c1ccncc1. The van der Waals surface area contributed by atoms with E-state index in [-0.39, 0.29) is 18.0 Å². The summed E-state index contributed by atoms with van der Waals surface area (Å²) in [5.74, 6) is -0.962. The van der Waals surface area contributed by atoms with Crippen molar-refractivity contribution < 1.29 is 14.7 Å². The molecule has 6 nitrogen and oxygen atoms in total. The van der Waals surface area contributed by atoms with E-state index in [1.807, 2.05) is 26.0 Å². The van der Waals surface area contributed by atoms with E-state index in [2.05, 4.69) is 10.3 Å². The Labute approximate surface area is 117 Å². The second kappa shape index (κ2) is 5.90. The minimum atomic E-state index is -0.943. The predicted molar refractivity (Wildman–Crippen MR) is 73.1 cm³/mol. The number of urea groups is 1. The van der Waals surface area contributed by atoms with Crippen molar-refractivity contribution in [3.8, 4) is 0 Å². The summed E-state index contributed by atoms with van der Waals surface area (Å²) in [7, 11) is 0. The van der Waals surface area contributed by atoms with Crippen LogP contribution in [-0.4, -0.2) is 39.6 Å². The first-order valence-corrected chi connectivity index (χ1v) is 6.70. The lowest BCUT2D eigenvalue weighted by Gasteiger charge is -2.25. The number of aliphatic carboxylic acids is 1. The number of pyridine rings is 1. The van der Waals surface area contributed by atoms with Gasteiger partial charge in [0.2, 0.25) is 0 Å². The highest BCUT2D eigenvalue weighted by molar-refractivity contribution is 5.83. The van der Waals surface area contributed by atoms with E-state index in [4.69, 9.17) is 0 Å². The van der Waals surface area contributed by atoms with Crippen molar-refractivity contribution in [2.45, 2.75) is 32.4 Å². The maximum Gasteiger partial charge on any atom is 0.326 e. The number of carbonyl (C=O) groups excluding carboxylic acids is 1. The number of hydrogen-bond acceptors (Lipinski definition) is 3. The predicted octanol–water partition coefficient (Wildman–Crippen LogP) is 1.65. The van der Waals surface area contributed by atoms with Crippen LogP contribution in [0, 0.1) is 5.92 Å². The van der Waals surface area contributed by atoms with Crippen LogP contribution >= 0.6 is 0 Å². The molecule has 0 aliphatic carbocycles. The molecule has 0 spiro atoms. The van der Waals surface area contributed by atoms with Crippen molar-refractivity contribution in [1.82, 2.24) is 15.2 Å². The Hall–Kier alpha value is -2.11. The Bertz CT molecular complexity index is 492. The molecule has 20 heavy (non-hydrogen) atoms. The second-order valence-corrected chi connectivity index (χ2v) is 5.19. The lowest BCUT2D eigenvalue weighted by molar-refractivity contribution is -0.142. The quantitative estimate of drug-likeness (QED) is 0.880. The van der Waals surface area contributed by atoms with E-state index in [0.29, 0.717) is 13.0 Å². The molecule has 1 aromatic heterocycles. The van der Waals surface area contributed by atoms with Crippen molar-refractivity contribution in [2.75, 3.05) is 6.54 Å². The summed E-state index contributed by atoms with van der Waals surface area (Å²) in [6.07, 6.45) is 4.04. The number of rotatable bonds is 3. The summed E-state index contributed by atoms with van der Waals surface area (Å²) < 4.78 is 0. The van der Waals surface area contributed by atoms with Crippen molar-refractivity contribution in [3.05, 3.63) is 30.1 Å². The van der Waals surface area contributed by atoms with Crippen molar-refractivity contribution in [2.24, 2.45) is 5.92 Å². The summed E-state index contributed by atoms with van der Waals surface area (Å²) in [5.41, 5.74) is 0.937. The van der Waals surface area contributed by atoms with Gasteiger partial charge in [-0.2, -0.15) is 0 Å². The highest BCUT2D eigenvalue weighted by Gasteiger charge is 2.39. The van der Waals surface area contributed by atoms with Gasteiger partial charge in [-0.05, 0) is 37.0 Å². The molecule has 1 aliphatic rings. The molecule has 2 heterocycles. The van der Waals surface area contributed by atoms with E-state index in [9.17, 15) is 14.7 Å². The van der Waals surface area contributed by atoms with E-state index in [1.54, 1.807) is 12.4 Å². The fourth-order valence-corrected chi connectivity index (χ4v) is 2.56. The number of aromatic nitrogens is 1. The molecule has 1 aliphatic heterocycles. The van der Waals surface area contributed by atoms with Crippen LogP contribution in [0.3, 0.4) is 0 Å².